The summed E-state index contributed by atoms with van der Waals surface area (Å²) in [5, 5.41) is 3.27. The highest BCUT2D eigenvalue weighted by molar-refractivity contribution is 5.19. The molecule has 1 aromatic carbocycles. The van der Waals surface area contributed by atoms with E-state index in [0.29, 0.717) is 12.0 Å². The third-order valence-electron chi connectivity index (χ3n) is 4.54. The van der Waals surface area contributed by atoms with Crippen LogP contribution in [0.1, 0.15) is 50.5 Å². The Kier molecular flexibility index (Phi) is 5.96. The van der Waals surface area contributed by atoms with Gasteiger partial charge < -0.3 is 5.32 Å². The fraction of sp³-hybridized carbons (Fsp3) is 0.647. The highest BCUT2D eigenvalue weighted by atomic mass is 19.1. The molecule has 0 aliphatic heterocycles. The van der Waals surface area contributed by atoms with Gasteiger partial charge in [-0.3, -0.25) is 0 Å². The molecule has 1 nitrogen and oxygen atoms in total. The lowest BCUT2D eigenvalue weighted by atomic mass is 9.84. The minimum absolute atomic E-state index is 0.275. The molecule has 0 aromatic heterocycles. The summed E-state index contributed by atoms with van der Waals surface area (Å²) in [6.07, 6.45) is 9.72. The molecule has 20 heavy (non-hydrogen) atoms. The van der Waals surface area contributed by atoms with E-state index >= 15 is 0 Å². The average Bonchev–Trinajstić information content (AvgIpc) is 2.46. The van der Waals surface area contributed by atoms with E-state index in [1.807, 2.05) is 7.05 Å². The Labute approximate surface area is 120 Å². The van der Waals surface area contributed by atoms with Crippen LogP contribution in [0.25, 0.3) is 0 Å². The molecule has 1 fully saturated rings. The van der Waals surface area contributed by atoms with Gasteiger partial charge in [-0.1, -0.05) is 38.2 Å². The average molecular weight is 281 g/mol. The molecule has 2 rings (SSSR count). The van der Waals surface area contributed by atoms with Crippen LogP contribution in [-0.2, 0) is 6.42 Å². The normalized spacial score (nSPS) is 18.1. The van der Waals surface area contributed by atoms with Gasteiger partial charge in [0.1, 0.15) is 11.6 Å². The highest BCUT2D eigenvalue weighted by Crippen LogP contribution is 2.28. The third kappa shape index (κ3) is 4.55. The number of halogens is 2. The van der Waals surface area contributed by atoms with Crippen molar-refractivity contribution in [2.75, 3.05) is 7.05 Å². The minimum atomic E-state index is -0.505. The van der Waals surface area contributed by atoms with Crippen molar-refractivity contribution >= 4 is 0 Å². The second-order valence-corrected chi connectivity index (χ2v) is 6.01. The van der Waals surface area contributed by atoms with E-state index in [0.717, 1.165) is 18.4 Å². The predicted molar refractivity (Wildman–Crippen MR) is 78.7 cm³/mol. The van der Waals surface area contributed by atoms with Crippen molar-refractivity contribution in [3.8, 4) is 0 Å². The predicted octanol–water partition coefficient (Wildman–Crippen LogP) is 4.46. The first kappa shape index (κ1) is 15.4. The zero-order chi connectivity index (χ0) is 14.4. The summed E-state index contributed by atoms with van der Waals surface area (Å²) in [6.45, 7) is 0. The Balaban J connectivity index is 1.84. The van der Waals surface area contributed by atoms with Crippen LogP contribution in [0.4, 0.5) is 8.78 Å². The molecule has 112 valence electrons. The van der Waals surface area contributed by atoms with Gasteiger partial charge in [0, 0.05) is 12.1 Å². The zero-order valence-electron chi connectivity index (χ0n) is 12.3. The quantitative estimate of drug-likeness (QED) is 0.812. The fourth-order valence-electron chi connectivity index (χ4n) is 3.21. The van der Waals surface area contributed by atoms with Crippen molar-refractivity contribution in [1.29, 1.82) is 0 Å². The van der Waals surface area contributed by atoms with Crippen LogP contribution in [0.5, 0.6) is 0 Å². The summed E-state index contributed by atoms with van der Waals surface area (Å²) in [5.74, 6) is -0.0879. The van der Waals surface area contributed by atoms with Crippen molar-refractivity contribution < 1.29 is 8.78 Å². The second-order valence-electron chi connectivity index (χ2n) is 6.01. The van der Waals surface area contributed by atoms with Crippen LogP contribution in [0.2, 0.25) is 0 Å². The van der Waals surface area contributed by atoms with Crippen LogP contribution in [0.3, 0.4) is 0 Å². The molecule has 3 heteroatoms. The summed E-state index contributed by atoms with van der Waals surface area (Å²) in [7, 11) is 1.92. The summed E-state index contributed by atoms with van der Waals surface area (Å²) < 4.78 is 26.6. The molecule has 1 atom stereocenters. The molecular formula is C17H25F2N. The molecule has 0 bridgehead atoms. The Morgan fingerprint density at radius 2 is 1.95 bits per heavy atom. The lowest BCUT2D eigenvalue weighted by Crippen LogP contribution is -2.28. The molecular weight excluding hydrogens is 256 g/mol. The second kappa shape index (κ2) is 7.72. The van der Waals surface area contributed by atoms with E-state index in [1.165, 1.54) is 44.6 Å². The van der Waals surface area contributed by atoms with Gasteiger partial charge in [0.25, 0.3) is 0 Å². The lowest BCUT2D eigenvalue weighted by Gasteiger charge is -2.24. The summed E-state index contributed by atoms with van der Waals surface area (Å²) in [6, 6.07) is 4.15. The van der Waals surface area contributed by atoms with Gasteiger partial charge in [-0.15, -0.1) is 0 Å². The van der Waals surface area contributed by atoms with Gasteiger partial charge >= 0.3 is 0 Å². The maximum absolute atomic E-state index is 13.7. The molecule has 1 aliphatic rings. The number of nitrogens with one attached hydrogen (secondary N) is 1. The van der Waals surface area contributed by atoms with E-state index in [2.05, 4.69) is 5.32 Å². The van der Waals surface area contributed by atoms with Crippen molar-refractivity contribution in [3.05, 3.63) is 35.4 Å². The summed E-state index contributed by atoms with van der Waals surface area (Å²) >= 11 is 0. The van der Waals surface area contributed by atoms with Gasteiger partial charge in [-0.2, -0.15) is 0 Å². The van der Waals surface area contributed by atoms with Gasteiger partial charge in [0.05, 0.1) is 0 Å². The number of hydrogen-bond donors (Lipinski definition) is 1. The lowest BCUT2D eigenvalue weighted by molar-refractivity contribution is 0.315. The van der Waals surface area contributed by atoms with E-state index in [-0.39, 0.29) is 6.04 Å². The first-order valence-electron chi connectivity index (χ1n) is 7.80. The third-order valence-corrected chi connectivity index (χ3v) is 4.54. The van der Waals surface area contributed by atoms with Crippen LogP contribution in [0, 0.1) is 17.6 Å². The van der Waals surface area contributed by atoms with Gasteiger partial charge in [-0.05, 0) is 43.9 Å². The molecule has 0 amide bonds. The Morgan fingerprint density at radius 3 is 2.60 bits per heavy atom. The molecule has 1 N–H and O–H groups in total. The summed E-state index contributed by atoms with van der Waals surface area (Å²) in [5.41, 5.74) is 0.606. The maximum Gasteiger partial charge on any atom is 0.129 e. The first-order valence-corrected chi connectivity index (χ1v) is 7.80. The Morgan fingerprint density at radius 1 is 1.20 bits per heavy atom. The van der Waals surface area contributed by atoms with Crippen LogP contribution in [-0.4, -0.2) is 13.1 Å². The van der Waals surface area contributed by atoms with Gasteiger partial charge in [-0.25, -0.2) is 8.78 Å². The van der Waals surface area contributed by atoms with Crippen LogP contribution in [0.15, 0.2) is 18.2 Å². The monoisotopic (exact) mass is 281 g/mol. The van der Waals surface area contributed by atoms with Gasteiger partial charge in [0.2, 0.25) is 0 Å². The molecule has 0 heterocycles. The van der Waals surface area contributed by atoms with E-state index < -0.39 is 11.6 Å². The molecule has 0 spiro atoms. The van der Waals surface area contributed by atoms with E-state index in [9.17, 15) is 8.78 Å². The Hall–Kier alpha value is -0.960. The van der Waals surface area contributed by atoms with Crippen LogP contribution >= 0.6 is 0 Å². The number of benzene rings is 1. The molecule has 0 saturated heterocycles. The number of rotatable bonds is 6. The van der Waals surface area contributed by atoms with Crippen molar-refractivity contribution in [2.24, 2.45) is 5.92 Å². The molecule has 0 radical (unpaired) electrons. The topological polar surface area (TPSA) is 12.0 Å². The van der Waals surface area contributed by atoms with Crippen molar-refractivity contribution in [3.63, 3.8) is 0 Å². The molecule has 1 aliphatic carbocycles. The van der Waals surface area contributed by atoms with Crippen molar-refractivity contribution in [2.45, 2.75) is 57.4 Å². The number of hydrogen-bond acceptors (Lipinski definition) is 1. The molecule has 1 saturated carbocycles. The SMILES string of the molecule is CNC(CCC1CCCCC1)Cc1ccc(F)cc1F. The van der Waals surface area contributed by atoms with E-state index in [1.54, 1.807) is 6.07 Å². The largest absolute Gasteiger partial charge is 0.317 e. The Bertz CT molecular complexity index is 413. The van der Waals surface area contributed by atoms with Crippen molar-refractivity contribution in [1.82, 2.24) is 5.32 Å². The first-order chi connectivity index (χ1) is 9.69. The van der Waals surface area contributed by atoms with E-state index in [4.69, 9.17) is 0 Å². The smallest absolute Gasteiger partial charge is 0.129 e. The standard InChI is InChI=1S/C17H25F2N/c1-20-16(10-7-13-5-3-2-4-6-13)11-14-8-9-15(18)12-17(14)19/h8-9,12-13,16,20H,2-7,10-11H2,1H3. The molecule has 1 unspecified atom stereocenters. The zero-order valence-corrected chi connectivity index (χ0v) is 12.3. The van der Waals surface area contributed by atoms with Gasteiger partial charge in [0.15, 0.2) is 0 Å². The summed E-state index contributed by atoms with van der Waals surface area (Å²) in [4.78, 5) is 0. The fourth-order valence-corrected chi connectivity index (χ4v) is 3.21. The number of likely N-dealkylation sites (N-methyl/N-ethyl adjacent to an activating group) is 1. The highest BCUT2D eigenvalue weighted by Gasteiger charge is 2.17. The molecule has 1 aromatic rings. The maximum atomic E-state index is 13.7. The van der Waals surface area contributed by atoms with Crippen LogP contribution < -0.4 is 5.32 Å². The minimum Gasteiger partial charge on any atom is -0.317 e.